The zero-order valence-electron chi connectivity index (χ0n) is 13.8. The predicted molar refractivity (Wildman–Crippen MR) is 90.2 cm³/mol. The first-order valence-corrected chi connectivity index (χ1v) is 8.63. The largest absolute Gasteiger partial charge is 0.447 e. The molecule has 0 aromatic heterocycles. The van der Waals surface area contributed by atoms with Crippen LogP contribution < -0.4 is 0 Å². The van der Waals surface area contributed by atoms with Crippen LogP contribution in [0.1, 0.15) is 42.5 Å². The monoisotopic (exact) mass is 341 g/mol. The number of rotatable bonds is 3. The molecule has 4 rings (SSSR count). The van der Waals surface area contributed by atoms with Crippen molar-refractivity contribution in [1.82, 2.24) is 4.90 Å². The van der Waals surface area contributed by atoms with Gasteiger partial charge < -0.3 is 9.47 Å². The Bertz CT molecular complexity index is 734. The standard InChI is InChI=1S/C20H20FNO3/c21-16-11-9-15(10-12-16)18-7-4-8-19(25-18)22-17(13-24-20(22)23)14-5-2-1-3-6-14/h1-3,5-6,9-12,17-19H,4,7-8,13H2/t17-,18?,19?/m1/s1. The summed E-state index contributed by atoms with van der Waals surface area (Å²) in [6.45, 7) is 0.337. The van der Waals surface area contributed by atoms with Gasteiger partial charge in [0.1, 0.15) is 18.7 Å². The number of amides is 1. The molecule has 5 heteroatoms. The average Bonchev–Trinajstić information content (AvgIpc) is 3.05. The van der Waals surface area contributed by atoms with Crippen molar-refractivity contribution in [2.75, 3.05) is 6.61 Å². The van der Waals surface area contributed by atoms with Crippen LogP contribution in [-0.2, 0) is 9.47 Å². The van der Waals surface area contributed by atoms with E-state index in [9.17, 15) is 9.18 Å². The van der Waals surface area contributed by atoms with Crippen LogP contribution in [0.2, 0.25) is 0 Å². The third-order valence-corrected chi connectivity index (χ3v) is 4.89. The summed E-state index contributed by atoms with van der Waals surface area (Å²) < 4.78 is 24.7. The maximum Gasteiger partial charge on any atom is 0.412 e. The first kappa shape index (κ1) is 16.1. The van der Waals surface area contributed by atoms with Gasteiger partial charge in [0.15, 0.2) is 0 Å². The Balaban J connectivity index is 1.55. The van der Waals surface area contributed by atoms with Crippen LogP contribution in [0.5, 0.6) is 0 Å². The summed E-state index contributed by atoms with van der Waals surface area (Å²) in [5, 5.41) is 0. The number of hydrogen-bond acceptors (Lipinski definition) is 3. The first-order chi connectivity index (χ1) is 12.2. The van der Waals surface area contributed by atoms with E-state index in [1.165, 1.54) is 12.1 Å². The lowest BCUT2D eigenvalue weighted by molar-refractivity contribution is -0.120. The molecule has 0 N–H and O–H groups in total. The highest BCUT2D eigenvalue weighted by atomic mass is 19.1. The summed E-state index contributed by atoms with van der Waals surface area (Å²) >= 11 is 0. The number of benzene rings is 2. The van der Waals surface area contributed by atoms with Crippen molar-refractivity contribution in [3.63, 3.8) is 0 Å². The Morgan fingerprint density at radius 3 is 2.48 bits per heavy atom. The van der Waals surface area contributed by atoms with E-state index in [2.05, 4.69) is 0 Å². The number of carbonyl (C=O) groups excluding carboxylic acids is 1. The molecular formula is C20H20FNO3. The van der Waals surface area contributed by atoms with E-state index in [1.807, 2.05) is 30.3 Å². The molecule has 2 unspecified atom stereocenters. The highest BCUT2D eigenvalue weighted by Crippen LogP contribution is 2.38. The lowest BCUT2D eigenvalue weighted by Crippen LogP contribution is -2.42. The van der Waals surface area contributed by atoms with Gasteiger partial charge in [-0.25, -0.2) is 9.18 Å². The average molecular weight is 341 g/mol. The number of hydrogen-bond donors (Lipinski definition) is 0. The minimum atomic E-state index is -0.335. The first-order valence-electron chi connectivity index (χ1n) is 8.63. The molecule has 2 aromatic rings. The molecule has 2 fully saturated rings. The van der Waals surface area contributed by atoms with Crippen molar-refractivity contribution in [3.8, 4) is 0 Å². The van der Waals surface area contributed by atoms with Gasteiger partial charge in [0.05, 0.1) is 12.1 Å². The van der Waals surface area contributed by atoms with E-state index >= 15 is 0 Å². The second-order valence-corrected chi connectivity index (χ2v) is 6.47. The summed E-state index contributed by atoms with van der Waals surface area (Å²) in [4.78, 5) is 14.0. The fourth-order valence-electron chi connectivity index (χ4n) is 3.61. The van der Waals surface area contributed by atoms with Gasteiger partial charge in [-0.1, -0.05) is 42.5 Å². The van der Waals surface area contributed by atoms with Crippen LogP contribution in [0.15, 0.2) is 54.6 Å². The van der Waals surface area contributed by atoms with Gasteiger partial charge >= 0.3 is 6.09 Å². The molecule has 0 saturated carbocycles. The number of carbonyl (C=O) groups is 1. The molecule has 2 aromatic carbocycles. The highest BCUT2D eigenvalue weighted by molar-refractivity contribution is 5.70. The molecule has 130 valence electrons. The Morgan fingerprint density at radius 1 is 0.960 bits per heavy atom. The van der Waals surface area contributed by atoms with Crippen LogP contribution >= 0.6 is 0 Å². The zero-order valence-corrected chi connectivity index (χ0v) is 13.8. The normalized spacial score (nSPS) is 26.5. The van der Waals surface area contributed by atoms with Gasteiger partial charge in [-0.3, -0.25) is 4.90 Å². The fourth-order valence-corrected chi connectivity index (χ4v) is 3.61. The second-order valence-electron chi connectivity index (χ2n) is 6.47. The van der Waals surface area contributed by atoms with Crippen molar-refractivity contribution in [1.29, 1.82) is 0 Å². The Hall–Kier alpha value is -2.40. The smallest absolute Gasteiger partial charge is 0.412 e. The molecule has 25 heavy (non-hydrogen) atoms. The molecule has 3 atom stereocenters. The molecule has 0 aliphatic carbocycles. The third kappa shape index (κ3) is 3.24. The lowest BCUT2D eigenvalue weighted by atomic mass is 9.99. The van der Waals surface area contributed by atoms with E-state index in [4.69, 9.17) is 9.47 Å². The van der Waals surface area contributed by atoms with Crippen molar-refractivity contribution in [2.24, 2.45) is 0 Å². The molecule has 4 nitrogen and oxygen atoms in total. The number of halogens is 1. The van der Waals surface area contributed by atoms with E-state index < -0.39 is 0 Å². The van der Waals surface area contributed by atoms with Crippen molar-refractivity contribution >= 4 is 6.09 Å². The fraction of sp³-hybridized carbons (Fsp3) is 0.350. The quantitative estimate of drug-likeness (QED) is 0.820. The molecule has 2 aliphatic heterocycles. The molecule has 0 radical (unpaired) electrons. The summed E-state index contributed by atoms with van der Waals surface area (Å²) in [5.74, 6) is -0.261. The molecular weight excluding hydrogens is 321 g/mol. The maximum absolute atomic E-state index is 13.2. The molecule has 2 saturated heterocycles. The number of cyclic esters (lactones) is 1. The Kier molecular flexibility index (Phi) is 4.40. The third-order valence-electron chi connectivity index (χ3n) is 4.89. The topological polar surface area (TPSA) is 38.8 Å². The van der Waals surface area contributed by atoms with E-state index in [-0.39, 0.29) is 30.3 Å². The van der Waals surface area contributed by atoms with E-state index in [0.29, 0.717) is 6.61 Å². The maximum atomic E-state index is 13.2. The van der Waals surface area contributed by atoms with Gasteiger partial charge in [-0.05, 0) is 42.5 Å². The second kappa shape index (κ2) is 6.84. The Morgan fingerprint density at radius 2 is 1.72 bits per heavy atom. The van der Waals surface area contributed by atoms with Crippen molar-refractivity contribution < 1.29 is 18.7 Å². The van der Waals surface area contributed by atoms with Crippen LogP contribution in [0.4, 0.5) is 9.18 Å². The predicted octanol–water partition coefficient (Wildman–Crippen LogP) is 4.59. The van der Waals surface area contributed by atoms with Gasteiger partial charge in [-0.15, -0.1) is 0 Å². The molecule has 2 heterocycles. The summed E-state index contributed by atoms with van der Waals surface area (Å²) in [6, 6.07) is 16.1. The van der Waals surface area contributed by atoms with Crippen LogP contribution in [0, 0.1) is 5.82 Å². The minimum absolute atomic E-state index is 0.134. The van der Waals surface area contributed by atoms with Crippen LogP contribution in [-0.4, -0.2) is 23.8 Å². The van der Waals surface area contributed by atoms with Gasteiger partial charge in [0, 0.05) is 0 Å². The van der Waals surface area contributed by atoms with E-state index in [0.717, 1.165) is 30.4 Å². The molecule has 0 bridgehead atoms. The highest BCUT2D eigenvalue weighted by Gasteiger charge is 2.41. The Labute approximate surface area is 146 Å². The van der Waals surface area contributed by atoms with Gasteiger partial charge in [0.25, 0.3) is 0 Å². The van der Waals surface area contributed by atoms with E-state index in [1.54, 1.807) is 17.0 Å². The summed E-state index contributed by atoms with van der Waals surface area (Å²) in [7, 11) is 0. The molecule has 1 amide bonds. The summed E-state index contributed by atoms with van der Waals surface area (Å²) in [6.07, 6.45) is 1.78. The SMILES string of the molecule is O=C1OC[C@H](c2ccccc2)N1C1CCCC(c2ccc(F)cc2)O1. The molecule has 2 aliphatic rings. The van der Waals surface area contributed by atoms with Crippen molar-refractivity contribution in [3.05, 3.63) is 71.5 Å². The van der Waals surface area contributed by atoms with Crippen molar-refractivity contribution in [2.45, 2.75) is 37.6 Å². The lowest BCUT2D eigenvalue weighted by Gasteiger charge is -2.37. The van der Waals surface area contributed by atoms with Crippen LogP contribution in [0.25, 0.3) is 0 Å². The minimum Gasteiger partial charge on any atom is -0.447 e. The number of ether oxygens (including phenoxy) is 2. The van der Waals surface area contributed by atoms with Gasteiger partial charge in [-0.2, -0.15) is 0 Å². The zero-order chi connectivity index (χ0) is 17.2. The summed E-state index contributed by atoms with van der Waals surface area (Å²) in [5.41, 5.74) is 1.98. The van der Waals surface area contributed by atoms with Gasteiger partial charge in [0.2, 0.25) is 0 Å². The molecule has 0 spiro atoms. The number of nitrogens with zero attached hydrogens (tertiary/aromatic N) is 1. The van der Waals surface area contributed by atoms with Crippen LogP contribution in [0.3, 0.4) is 0 Å².